The number of aromatic nitrogens is 1. The van der Waals surface area contributed by atoms with Gasteiger partial charge in [0.25, 0.3) is 0 Å². The maximum Gasteiger partial charge on any atom is 0.170 e. The van der Waals surface area contributed by atoms with Gasteiger partial charge in [0.15, 0.2) is 6.10 Å². The highest BCUT2D eigenvalue weighted by molar-refractivity contribution is 6.30. The normalized spacial score (nSPS) is 14.4. The average molecular weight is 214 g/mol. The van der Waals surface area contributed by atoms with Gasteiger partial charge in [-0.15, -0.1) is 0 Å². The van der Waals surface area contributed by atoms with Crippen LogP contribution in [0.2, 0.25) is 5.02 Å². The van der Waals surface area contributed by atoms with Gasteiger partial charge in [0.2, 0.25) is 0 Å². The first-order chi connectivity index (χ1) is 6.56. The van der Waals surface area contributed by atoms with E-state index in [2.05, 4.69) is 4.98 Å². The quantitative estimate of drug-likeness (QED) is 0.611. The first kappa shape index (κ1) is 10.7. The molecule has 0 aliphatic carbocycles. The van der Waals surface area contributed by atoms with Crippen molar-refractivity contribution >= 4 is 17.4 Å². The third-order valence-electron chi connectivity index (χ3n) is 1.67. The number of aliphatic hydroxyl groups excluding tert-OH is 2. The fraction of sp³-hybridized carbons (Fsp3) is 0.250. The van der Waals surface area contributed by atoms with Crippen LogP contribution in [-0.4, -0.2) is 21.3 Å². The Hall–Kier alpha value is -1.35. The molecule has 0 spiro atoms. The molecule has 2 atom stereocenters. The van der Waals surface area contributed by atoms with E-state index in [1.54, 1.807) is 0 Å². The highest BCUT2D eigenvalue weighted by Crippen LogP contribution is 2.24. The van der Waals surface area contributed by atoms with E-state index in [1.807, 2.05) is 0 Å². The topological polar surface area (TPSA) is 103 Å². The fourth-order valence-corrected chi connectivity index (χ4v) is 1.11. The Morgan fingerprint density at radius 1 is 1.57 bits per heavy atom. The maximum atomic E-state index is 9.44. The van der Waals surface area contributed by atoms with E-state index in [1.165, 1.54) is 18.3 Å². The lowest BCUT2D eigenvalue weighted by Gasteiger charge is -2.13. The summed E-state index contributed by atoms with van der Waals surface area (Å²) in [6.07, 6.45) is -1.63. The van der Waals surface area contributed by atoms with Crippen molar-refractivity contribution in [3.8, 4) is 6.07 Å². The Kier molecular flexibility index (Phi) is 3.25. The van der Waals surface area contributed by atoms with Crippen molar-refractivity contribution in [3.63, 3.8) is 0 Å². The first-order valence-corrected chi connectivity index (χ1v) is 4.10. The molecule has 0 bridgehead atoms. The molecular weight excluding hydrogens is 206 g/mol. The summed E-state index contributed by atoms with van der Waals surface area (Å²) in [6, 6.07) is 2.85. The molecule has 0 amide bonds. The van der Waals surface area contributed by atoms with Crippen LogP contribution in [0.25, 0.3) is 0 Å². The lowest BCUT2D eigenvalue weighted by molar-refractivity contribution is 0.0531. The number of nitrogens with zero attached hydrogens (tertiary/aromatic N) is 2. The standard InChI is InChI=1S/C8H8ClN3O2/c9-4-1-5(8(11)12-3-4)7(14)6(13)2-10/h1,3,6-7,13-14H,(H2,11,12). The van der Waals surface area contributed by atoms with Gasteiger partial charge >= 0.3 is 0 Å². The van der Waals surface area contributed by atoms with Crippen molar-refractivity contribution in [2.24, 2.45) is 0 Å². The number of nitriles is 1. The Morgan fingerprint density at radius 2 is 2.21 bits per heavy atom. The monoisotopic (exact) mass is 213 g/mol. The zero-order valence-corrected chi connectivity index (χ0v) is 7.81. The number of nitrogens with two attached hydrogens (primary N) is 1. The van der Waals surface area contributed by atoms with Gasteiger partial charge in [-0.3, -0.25) is 0 Å². The Labute approximate surface area is 85.4 Å². The number of nitrogen functional groups attached to an aromatic ring is 1. The molecular formula is C8H8ClN3O2. The van der Waals surface area contributed by atoms with Gasteiger partial charge in [-0.05, 0) is 6.07 Å². The van der Waals surface area contributed by atoms with E-state index < -0.39 is 12.2 Å². The second-order valence-corrected chi connectivity index (χ2v) is 3.08. The van der Waals surface area contributed by atoms with Crippen molar-refractivity contribution in [1.29, 1.82) is 5.26 Å². The van der Waals surface area contributed by atoms with Crippen LogP contribution in [0.3, 0.4) is 0 Å². The van der Waals surface area contributed by atoms with Crippen molar-refractivity contribution < 1.29 is 10.2 Å². The predicted octanol–water partition coefficient (Wildman–Crippen LogP) is 0.235. The highest BCUT2D eigenvalue weighted by atomic mass is 35.5. The molecule has 2 unspecified atom stereocenters. The molecule has 6 heteroatoms. The molecule has 0 radical (unpaired) electrons. The van der Waals surface area contributed by atoms with Crippen molar-refractivity contribution in [1.82, 2.24) is 4.98 Å². The van der Waals surface area contributed by atoms with Gasteiger partial charge in [0.1, 0.15) is 11.9 Å². The lowest BCUT2D eigenvalue weighted by atomic mass is 10.1. The van der Waals surface area contributed by atoms with E-state index in [0.717, 1.165) is 0 Å². The molecule has 5 nitrogen and oxygen atoms in total. The fourth-order valence-electron chi connectivity index (χ4n) is 0.943. The molecule has 0 aliphatic heterocycles. The van der Waals surface area contributed by atoms with Gasteiger partial charge < -0.3 is 15.9 Å². The molecule has 1 heterocycles. The number of halogens is 1. The van der Waals surface area contributed by atoms with Crippen LogP contribution < -0.4 is 5.73 Å². The summed E-state index contributed by atoms with van der Waals surface area (Å²) in [5.41, 5.74) is 5.58. The van der Waals surface area contributed by atoms with Gasteiger partial charge in [-0.25, -0.2) is 4.98 Å². The van der Waals surface area contributed by atoms with Crippen LogP contribution in [0.1, 0.15) is 11.7 Å². The summed E-state index contributed by atoms with van der Waals surface area (Å²) in [6.45, 7) is 0. The van der Waals surface area contributed by atoms with Crippen molar-refractivity contribution in [2.75, 3.05) is 5.73 Å². The number of aliphatic hydroxyl groups is 2. The average Bonchev–Trinajstić information content (AvgIpc) is 2.19. The molecule has 0 fully saturated rings. The molecule has 0 saturated heterocycles. The molecule has 0 aliphatic rings. The van der Waals surface area contributed by atoms with E-state index in [-0.39, 0.29) is 16.4 Å². The summed E-state index contributed by atoms with van der Waals surface area (Å²) in [4.78, 5) is 3.68. The second-order valence-electron chi connectivity index (χ2n) is 2.65. The van der Waals surface area contributed by atoms with Crippen LogP contribution in [0.15, 0.2) is 12.3 Å². The molecule has 0 saturated carbocycles. The van der Waals surface area contributed by atoms with E-state index >= 15 is 0 Å². The van der Waals surface area contributed by atoms with Gasteiger partial charge in [-0.2, -0.15) is 5.26 Å². The van der Waals surface area contributed by atoms with Gasteiger partial charge in [0.05, 0.1) is 11.1 Å². The third-order valence-corrected chi connectivity index (χ3v) is 1.87. The summed E-state index contributed by atoms with van der Waals surface area (Å²) in [5.74, 6) is 0.0381. The predicted molar refractivity (Wildman–Crippen MR) is 50.2 cm³/mol. The summed E-state index contributed by atoms with van der Waals surface area (Å²) < 4.78 is 0. The Morgan fingerprint density at radius 3 is 2.79 bits per heavy atom. The highest BCUT2D eigenvalue weighted by Gasteiger charge is 2.20. The molecule has 0 aromatic carbocycles. The minimum Gasteiger partial charge on any atom is -0.384 e. The van der Waals surface area contributed by atoms with E-state index in [4.69, 9.17) is 27.7 Å². The van der Waals surface area contributed by atoms with Crippen LogP contribution in [0, 0.1) is 11.3 Å². The SMILES string of the molecule is N#CC(O)C(O)c1cc(Cl)cnc1N. The largest absolute Gasteiger partial charge is 0.384 e. The number of pyridine rings is 1. The minimum absolute atomic E-state index is 0.0381. The lowest BCUT2D eigenvalue weighted by Crippen LogP contribution is -2.17. The summed E-state index contributed by atoms with van der Waals surface area (Å²) >= 11 is 5.62. The maximum absolute atomic E-state index is 9.44. The van der Waals surface area contributed by atoms with Crippen molar-refractivity contribution in [3.05, 3.63) is 22.8 Å². The van der Waals surface area contributed by atoms with Crippen molar-refractivity contribution in [2.45, 2.75) is 12.2 Å². The van der Waals surface area contributed by atoms with Crippen LogP contribution in [0.4, 0.5) is 5.82 Å². The number of rotatable bonds is 2. The third kappa shape index (κ3) is 2.12. The van der Waals surface area contributed by atoms with E-state index in [0.29, 0.717) is 0 Å². The van der Waals surface area contributed by atoms with Gasteiger partial charge in [0, 0.05) is 11.8 Å². The second kappa shape index (κ2) is 4.24. The minimum atomic E-state index is -1.54. The molecule has 4 N–H and O–H groups in total. The Balaban J connectivity index is 3.07. The molecule has 1 aromatic heterocycles. The summed E-state index contributed by atoms with van der Waals surface area (Å²) in [5, 5.41) is 27.1. The van der Waals surface area contributed by atoms with Crippen LogP contribution >= 0.6 is 11.6 Å². The smallest absolute Gasteiger partial charge is 0.170 e. The zero-order chi connectivity index (χ0) is 10.7. The first-order valence-electron chi connectivity index (χ1n) is 3.73. The molecule has 14 heavy (non-hydrogen) atoms. The number of hydrogen-bond donors (Lipinski definition) is 3. The van der Waals surface area contributed by atoms with Crippen LogP contribution in [-0.2, 0) is 0 Å². The molecule has 1 aromatic rings. The van der Waals surface area contributed by atoms with E-state index in [9.17, 15) is 5.11 Å². The number of anilines is 1. The molecule has 1 rings (SSSR count). The molecule has 74 valence electrons. The Bertz CT molecular complexity index is 377. The summed E-state index contributed by atoms with van der Waals surface area (Å²) in [7, 11) is 0. The zero-order valence-electron chi connectivity index (χ0n) is 7.05. The van der Waals surface area contributed by atoms with Gasteiger partial charge in [-0.1, -0.05) is 11.6 Å². The van der Waals surface area contributed by atoms with Crippen LogP contribution in [0.5, 0.6) is 0 Å². The number of hydrogen-bond acceptors (Lipinski definition) is 5.